The number of aromatic nitrogens is 2. The summed E-state index contributed by atoms with van der Waals surface area (Å²) in [6.45, 7) is 4.32. The largest absolute Gasteiger partial charge is 0.301 e. The minimum absolute atomic E-state index is 0. The van der Waals surface area contributed by atoms with E-state index in [9.17, 15) is 4.39 Å². The van der Waals surface area contributed by atoms with Crippen LogP contribution in [0.2, 0.25) is 0 Å². The molecule has 1 aromatic carbocycles. The Balaban J connectivity index is 0.00000120. The lowest BCUT2D eigenvalue weighted by Gasteiger charge is -2.14. The van der Waals surface area contributed by atoms with Gasteiger partial charge in [0.15, 0.2) is 0 Å². The van der Waals surface area contributed by atoms with E-state index in [4.69, 9.17) is 0 Å². The van der Waals surface area contributed by atoms with Gasteiger partial charge in [-0.3, -0.25) is 4.68 Å². The molecule has 2 aromatic rings. The van der Waals surface area contributed by atoms with Crippen LogP contribution in [0.25, 0.3) is 10.9 Å². The lowest BCUT2D eigenvalue weighted by Crippen LogP contribution is -2.24. The molecule has 0 saturated carbocycles. The van der Waals surface area contributed by atoms with E-state index in [0.29, 0.717) is 0 Å². The number of likely N-dealkylation sites (tertiary alicyclic amines) is 1. The zero-order chi connectivity index (χ0) is 11.7. The Morgan fingerprint density at radius 2 is 1.94 bits per heavy atom. The molecule has 5 heteroatoms. The molecule has 1 aliphatic heterocycles. The highest BCUT2D eigenvalue weighted by Crippen LogP contribution is 2.15. The van der Waals surface area contributed by atoms with Gasteiger partial charge in [-0.05, 0) is 44.1 Å². The summed E-state index contributed by atoms with van der Waals surface area (Å²) in [4.78, 5) is 2.46. The van der Waals surface area contributed by atoms with E-state index >= 15 is 0 Å². The monoisotopic (exact) mass is 269 g/mol. The molecule has 1 aromatic heterocycles. The molecular weight excluding hydrogens is 253 g/mol. The Morgan fingerprint density at radius 1 is 1.17 bits per heavy atom. The first-order valence-corrected chi connectivity index (χ1v) is 6.16. The van der Waals surface area contributed by atoms with Crippen molar-refractivity contribution in [2.75, 3.05) is 19.6 Å². The Morgan fingerprint density at radius 3 is 2.72 bits per heavy atom. The quantitative estimate of drug-likeness (QED) is 0.854. The molecule has 0 bridgehead atoms. The SMILES string of the molecule is Cl.Fc1ccc2c(cnn2CCN2CCCC2)c1. The molecular formula is C13H17ClFN3. The van der Waals surface area contributed by atoms with Crippen molar-refractivity contribution in [3.63, 3.8) is 0 Å². The minimum Gasteiger partial charge on any atom is -0.301 e. The summed E-state index contributed by atoms with van der Waals surface area (Å²) < 4.78 is 15.0. The molecule has 0 amide bonds. The van der Waals surface area contributed by atoms with Crippen molar-refractivity contribution in [2.45, 2.75) is 19.4 Å². The molecule has 0 N–H and O–H groups in total. The first kappa shape index (κ1) is 13.3. The molecule has 3 rings (SSSR count). The van der Waals surface area contributed by atoms with E-state index in [1.54, 1.807) is 6.20 Å². The number of halogens is 2. The Kier molecular flexibility index (Phi) is 4.19. The van der Waals surface area contributed by atoms with Gasteiger partial charge < -0.3 is 4.90 Å². The van der Waals surface area contributed by atoms with Crippen LogP contribution in [0.15, 0.2) is 24.4 Å². The third-order valence-electron chi connectivity index (χ3n) is 3.43. The molecule has 0 aliphatic carbocycles. The third kappa shape index (κ3) is 2.65. The van der Waals surface area contributed by atoms with Gasteiger partial charge in [0.25, 0.3) is 0 Å². The molecule has 0 radical (unpaired) electrons. The van der Waals surface area contributed by atoms with Gasteiger partial charge >= 0.3 is 0 Å². The summed E-state index contributed by atoms with van der Waals surface area (Å²) in [7, 11) is 0. The molecule has 2 heterocycles. The highest BCUT2D eigenvalue weighted by atomic mass is 35.5. The molecule has 1 fully saturated rings. The number of benzene rings is 1. The second-order valence-corrected chi connectivity index (χ2v) is 4.62. The van der Waals surface area contributed by atoms with Crippen LogP contribution in [0, 0.1) is 5.82 Å². The highest BCUT2D eigenvalue weighted by Gasteiger charge is 2.11. The van der Waals surface area contributed by atoms with E-state index in [1.807, 2.05) is 10.7 Å². The molecule has 3 nitrogen and oxygen atoms in total. The summed E-state index contributed by atoms with van der Waals surface area (Å²) in [6.07, 6.45) is 4.36. The minimum atomic E-state index is -0.198. The number of fused-ring (bicyclic) bond motifs is 1. The Bertz CT molecular complexity index is 520. The fourth-order valence-electron chi connectivity index (χ4n) is 2.48. The average Bonchev–Trinajstić information content (AvgIpc) is 2.94. The second kappa shape index (κ2) is 5.67. The normalized spacial score (nSPS) is 16.1. The number of hydrogen-bond donors (Lipinski definition) is 0. The maximum absolute atomic E-state index is 13.0. The van der Waals surface area contributed by atoms with Crippen LogP contribution >= 0.6 is 12.4 Å². The van der Waals surface area contributed by atoms with Crippen molar-refractivity contribution in [3.05, 3.63) is 30.2 Å². The van der Waals surface area contributed by atoms with E-state index in [0.717, 1.165) is 24.0 Å². The zero-order valence-corrected chi connectivity index (χ0v) is 11.0. The fourth-order valence-corrected chi connectivity index (χ4v) is 2.48. The summed E-state index contributed by atoms with van der Waals surface area (Å²) >= 11 is 0. The topological polar surface area (TPSA) is 21.1 Å². The van der Waals surface area contributed by atoms with Crippen molar-refractivity contribution >= 4 is 23.3 Å². The first-order chi connectivity index (χ1) is 8.33. The predicted molar refractivity (Wildman–Crippen MR) is 72.6 cm³/mol. The van der Waals surface area contributed by atoms with Crippen LogP contribution < -0.4 is 0 Å². The highest BCUT2D eigenvalue weighted by molar-refractivity contribution is 5.85. The van der Waals surface area contributed by atoms with Gasteiger partial charge in [-0.2, -0.15) is 5.10 Å². The molecule has 0 atom stereocenters. The molecule has 1 saturated heterocycles. The lowest BCUT2D eigenvalue weighted by atomic mass is 10.2. The van der Waals surface area contributed by atoms with Crippen molar-refractivity contribution < 1.29 is 4.39 Å². The van der Waals surface area contributed by atoms with Crippen molar-refractivity contribution in [1.82, 2.24) is 14.7 Å². The summed E-state index contributed by atoms with van der Waals surface area (Å²) in [6, 6.07) is 4.84. The standard InChI is InChI=1S/C13H16FN3.ClH/c14-12-3-4-13-11(9-12)10-15-17(13)8-7-16-5-1-2-6-16;/h3-4,9-10H,1-2,5-8H2;1H. The average molecular weight is 270 g/mol. The van der Waals surface area contributed by atoms with Gasteiger partial charge in [-0.15, -0.1) is 12.4 Å². The van der Waals surface area contributed by atoms with Crippen LogP contribution in [0.3, 0.4) is 0 Å². The van der Waals surface area contributed by atoms with E-state index in [1.165, 1.54) is 38.1 Å². The molecule has 0 unspecified atom stereocenters. The number of nitrogens with zero attached hydrogens (tertiary/aromatic N) is 3. The van der Waals surface area contributed by atoms with Crippen molar-refractivity contribution in [3.8, 4) is 0 Å². The lowest BCUT2D eigenvalue weighted by molar-refractivity contribution is 0.318. The van der Waals surface area contributed by atoms with Crippen LogP contribution in [-0.2, 0) is 6.54 Å². The van der Waals surface area contributed by atoms with Gasteiger partial charge in [-0.1, -0.05) is 0 Å². The fraction of sp³-hybridized carbons (Fsp3) is 0.462. The smallest absolute Gasteiger partial charge is 0.124 e. The van der Waals surface area contributed by atoms with Gasteiger partial charge in [0.05, 0.1) is 18.3 Å². The van der Waals surface area contributed by atoms with Gasteiger partial charge in [0.1, 0.15) is 5.82 Å². The predicted octanol–water partition coefficient (Wildman–Crippen LogP) is 2.69. The third-order valence-corrected chi connectivity index (χ3v) is 3.43. The molecule has 18 heavy (non-hydrogen) atoms. The van der Waals surface area contributed by atoms with Crippen LogP contribution in [0.1, 0.15) is 12.8 Å². The molecule has 0 spiro atoms. The second-order valence-electron chi connectivity index (χ2n) is 4.62. The first-order valence-electron chi connectivity index (χ1n) is 6.16. The Labute approximate surface area is 112 Å². The molecule has 1 aliphatic rings. The van der Waals surface area contributed by atoms with Gasteiger partial charge in [0, 0.05) is 11.9 Å². The molecule has 98 valence electrons. The van der Waals surface area contributed by atoms with E-state index < -0.39 is 0 Å². The van der Waals surface area contributed by atoms with E-state index in [2.05, 4.69) is 10.00 Å². The van der Waals surface area contributed by atoms with Gasteiger partial charge in [-0.25, -0.2) is 4.39 Å². The van der Waals surface area contributed by atoms with Crippen LogP contribution in [0.4, 0.5) is 4.39 Å². The summed E-state index contributed by atoms with van der Waals surface area (Å²) in [5.41, 5.74) is 1.02. The van der Waals surface area contributed by atoms with Crippen molar-refractivity contribution in [1.29, 1.82) is 0 Å². The van der Waals surface area contributed by atoms with E-state index in [-0.39, 0.29) is 18.2 Å². The zero-order valence-electron chi connectivity index (χ0n) is 10.2. The number of hydrogen-bond acceptors (Lipinski definition) is 2. The maximum atomic E-state index is 13.0. The Hall–Kier alpha value is -1.13. The van der Waals surface area contributed by atoms with Crippen molar-refractivity contribution in [2.24, 2.45) is 0 Å². The number of rotatable bonds is 3. The van der Waals surface area contributed by atoms with Crippen LogP contribution in [0.5, 0.6) is 0 Å². The summed E-state index contributed by atoms with van der Waals surface area (Å²) in [5.74, 6) is -0.198. The van der Waals surface area contributed by atoms with Gasteiger partial charge in [0.2, 0.25) is 0 Å². The maximum Gasteiger partial charge on any atom is 0.124 e. The summed E-state index contributed by atoms with van der Waals surface area (Å²) in [5, 5.41) is 5.20. The van der Waals surface area contributed by atoms with Crippen LogP contribution in [-0.4, -0.2) is 34.3 Å².